The van der Waals surface area contributed by atoms with E-state index in [1.807, 2.05) is 29.2 Å². The molecule has 27 heavy (non-hydrogen) atoms. The molecule has 1 aromatic carbocycles. The number of anilines is 1. The molecule has 2 heterocycles. The predicted molar refractivity (Wildman–Crippen MR) is 111 cm³/mol. The van der Waals surface area contributed by atoms with Crippen LogP contribution in [0.5, 0.6) is 5.75 Å². The summed E-state index contributed by atoms with van der Waals surface area (Å²) in [6.07, 6.45) is 6.47. The average Bonchev–Trinajstić information content (AvgIpc) is 3.01. The number of hydrogen-bond acceptors (Lipinski definition) is 4. The minimum absolute atomic E-state index is 0.0839. The molecular weight excluding hydrogens is 356 g/mol. The van der Waals surface area contributed by atoms with Crippen LogP contribution in [0, 0.1) is 13.8 Å². The van der Waals surface area contributed by atoms with E-state index in [9.17, 15) is 4.79 Å². The van der Waals surface area contributed by atoms with Gasteiger partial charge in [0, 0.05) is 28.6 Å². The zero-order chi connectivity index (χ0) is 19.0. The van der Waals surface area contributed by atoms with Crippen LogP contribution in [0.4, 0.5) is 5.00 Å². The number of fused-ring (bicyclic) bond motifs is 1. The maximum absolute atomic E-state index is 13.4. The molecule has 1 aromatic heterocycles. The van der Waals surface area contributed by atoms with Gasteiger partial charge in [-0.3, -0.25) is 14.6 Å². The summed E-state index contributed by atoms with van der Waals surface area (Å²) in [5.41, 5.74) is 3.41. The first-order chi connectivity index (χ1) is 13.1. The van der Waals surface area contributed by atoms with E-state index in [0.717, 1.165) is 22.9 Å². The van der Waals surface area contributed by atoms with Crippen LogP contribution in [-0.4, -0.2) is 30.6 Å². The Morgan fingerprint density at radius 1 is 1.11 bits per heavy atom. The van der Waals surface area contributed by atoms with Crippen LogP contribution in [0.15, 0.2) is 24.3 Å². The standard InChI is InChI=1S/C22H28N2O2S/c1-15-16(2)27-22-20(15)13-23(18-7-5-4-6-8-18)14-24(22)21(25)17-9-11-19(26-3)12-10-17/h9-12,18H,4-8,13-14H2,1-3H3. The van der Waals surface area contributed by atoms with Crippen molar-refractivity contribution in [2.75, 3.05) is 18.7 Å². The highest BCUT2D eigenvalue weighted by atomic mass is 32.1. The molecule has 0 atom stereocenters. The van der Waals surface area contributed by atoms with E-state index >= 15 is 0 Å². The number of benzene rings is 1. The van der Waals surface area contributed by atoms with Crippen molar-refractivity contribution in [2.24, 2.45) is 0 Å². The molecule has 0 N–H and O–H groups in total. The van der Waals surface area contributed by atoms with Gasteiger partial charge in [-0.2, -0.15) is 0 Å². The Bertz CT molecular complexity index is 822. The Kier molecular flexibility index (Phi) is 5.24. The molecule has 2 aromatic rings. The number of carbonyl (C=O) groups is 1. The van der Waals surface area contributed by atoms with Crippen LogP contribution in [0.3, 0.4) is 0 Å². The average molecular weight is 385 g/mol. The first-order valence-corrected chi connectivity index (χ1v) is 10.7. The van der Waals surface area contributed by atoms with Crippen molar-refractivity contribution in [1.82, 2.24) is 4.90 Å². The lowest BCUT2D eigenvalue weighted by molar-refractivity contribution is 0.0915. The lowest BCUT2D eigenvalue weighted by Crippen LogP contribution is -2.49. The largest absolute Gasteiger partial charge is 0.497 e. The van der Waals surface area contributed by atoms with Gasteiger partial charge in [-0.25, -0.2) is 0 Å². The number of carbonyl (C=O) groups excluding carboxylic acids is 1. The number of aryl methyl sites for hydroxylation is 1. The smallest absolute Gasteiger partial charge is 0.260 e. The molecular formula is C22H28N2O2S. The summed E-state index contributed by atoms with van der Waals surface area (Å²) in [5.74, 6) is 0.859. The Balaban J connectivity index is 1.66. The molecule has 0 unspecified atom stereocenters. The second kappa shape index (κ2) is 7.64. The molecule has 144 valence electrons. The summed E-state index contributed by atoms with van der Waals surface area (Å²) in [7, 11) is 1.65. The van der Waals surface area contributed by atoms with E-state index in [4.69, 9.17) is 4.74 Å². The second-order valence-corrected chi connectivity index (χ2v) is 8.91. The van der Waals surface area contributed by atoms with Crippen molar-refractivity contribution in [3.8, 4) is 5.75 Å². The van der Waals surface area contributed by atoms with Crippen molar-refractivity contribution in [2.45, 2.75) is 58.5 Å². The molecule has 1 amide bonds. The zero-order valence-electron chi connectivity index (χ0n) is 16.5. The molecule has 1 aliphatic carbocycles. The minimum atomic E-state index is 0.0839. The molecule has 4 nitrogen and oxygen atoms in total. The summed E-state index contributed by atoms with van der Waals surface area (Å²) in [4.78, 5) is 19.2. The third-order valence-electron chi connectivity index (χ3n) is 6.09. The number of hydrogen-bond donors (Lipinski definition) is 0. The predicted octanol–water partition coefficient (Wildman–Crippen LogP) is 5.13. The third kappa shape index (κ3) is 3.50. The van der Waals surface area contributed by atoms with Gasteiger partial charge in [0.1, 0.15) is 10.8 Å². The van der Waals surface area contributed by atoms with Crippen molar-refractivity contribution in [1.29, 1.82) is 0 Å². The van der Waals surface area contributed by atoms with Crippen LogP contribution in [0.2, 0.25) is 0 Å². The number of methoxy groups -OCH3 is 1. The number of amides is 1. The van der Waals surface area contributed by atoms with Crippen molar-refractivity contribution < 1.29 is 9.53 Å². The topological polar surface area (TPSA) is 32.8 Å². The summed E-state index contributed by atoms with van der Waals surface area (Å²) in [6, 6.07) is 8.06. The van der Waals surface area contributed by atoms with Crippen molar-refractivity contribution >= 4 is 22.2 Å². The maximum atomic E-state index is 13.4. The summed E-state index contributed by atoms with van der Waals surface area (Å²) in [5, 5.41) is 1.14. The first-order valence-electron chi connectivity index (χ1n) is 9.87. The molecule has 0 bridgehead atoms. The number of rotatable bonds is 3. The number of ether oxygens (including phenoxy) is 1. The van der Waals surface area contributed by atoms with Crippen LogP contribution >= 0.6 is 11.3 Å². The fourth-order valence-corrected chi connectivity index (χ4v) is 5.45. The fraction of sp³-hybridized carbons (Fsp3) is 0.500. The maximum Gasteiger partial charge on any atom is 0.260 e. The van der Waals surface area contributed by atoms with Crippen molar-refractivity contribution in [3.63, 3.8) is 0 Å². The van der Waals surface area contributed by atoms with E-state index in [2.05, 4.69) is 18.7 Å². The summed E-state index contributed by atoms with van der Waals surface area (Å²) >= 11 is 1.76. The van der Waals surface area contributed by atoms with E-state index in [0.29, 0.717) is 12.7 Å². The second-order valence-electron chi connectivity index (χ2n) is 7.71. The van der Waals surface area contributed by atoms with E-state index in [1.165, 1.54) is 48.1 Å². The van der Waals surface area contributed by atoms with Crippen LogP contribution in [0.1, 0.15) is 58.5 Å². The lowest BCUT2D eigenvalue weighted by atomic mass is 9.93. The summed E-state index contributed by atoms with van der Waals surface area (Å²) in [6.45, 7) is 6.04. The Morgan fingerprint density at radius 2 is 1.81 bits per heavy atom. The van der Waals surface area contributed by atoms with Crippen LogP contribution < -0.4 is 9.64 Å². The van der Waals surface area contributed by atoms with E-state index in [1.54, 1.807) is 18.4 Å². The van der Waals surface area contributed by atoms with Crippen LogP contribution in [-0.2, 0) is 6.54 Å². The zero-order valence-corrected chi connectivity index (χ0v) is 17.3. The molecule has 0 saturated heterocycles. The minimum Gasteiger partial charge on any atom is -0.497 e. The Morgan fingerprint density at radius 3 is 2.48 bits per heavy atom. The van der Waals surface area contributed by atoms with E-state index < -0.39 is 0 Å². The number of thiophene rings is 1. The van der Waals surface area contributed by atoms with Gasteiger partial charge in [0.25, 0.3) is 5.91 Å². The molecule has 1 fully saturated rings. The highest BCUT2D eigenvalue weighted by Crippen LogP contribution is 2.41. The molecule has 1 saturated carbocycles. The SMILES string of the molecule is COc1ccc(C(=O)N2CN(C3CCCCC3)Cc3c2sc(C)c3C)cc1. The summed E-state index contributed by atoms with van der Waals surface area (Å²) < 4.78 is 5.24. The van der Waals surface area contributed by atoms with Gasteiger partial charge in [0.15, 0.2) is 0 Å². The monoisotopic (exact) mass is 384 g/mol. The Hall–Kier alpha value is -1.85. The van der Waals surface area contributed by atoms with Gasteiger partial charge in [0.2, 0.25) is 0 Å². The van der Waals surface area contributed by atoms with Gasteiger partial charge in [-0.1, -0.05) is 19.3 Å². The first kappa shape index (κ1) is 18.5. The van der Waals surface area contributed by atoms with Crippen LogP contribution in [0.25, 0.3) is 0 Å². The highest BCUT2D eigenvalue weighted by Gasteiger charge is 2.34. The molecule has 0 spiro atoms. The van der Waals surface area contributed by atoms with Gasteiger partial charge in [-0.05, 0) is 56.5 Å². The van der Waals surface area contributed by atoms with Gasteiger partial charge in [-0.15, -0.1) is 11.3 Å². The molecule has 1 aliphatic heterocycles. The lowest BCUT2D eigenvalue weighted by Gasteiger charge is -2.41. The molecule has 0 radical (unpaired) electrons. The number of nitrogens with zero attached hydrogens (tertiary/aromatic N) is 2. The third-order valence-corrected chi connectivity index (χ3v) is 7.36. The van der Waals surface area contributed by atoms with Crippen molar-refractivity contribution in [3.05, 3.63) is 45.8 Å². The van der Waals surface area contributed by atoms with E-state index in [-0.39, 0.29) is 5.91 Å². The quantitative estimate of drug-likeness (QED) is 0.736. The van der Waals surface area contributed by atoms with Gasteiger partial charge in [0.05, 0.1) is 13.8 Å². The fourth-order valence-electron chi connectivity index (χ4n) is 4.30. The highest BCUT2D eigenvalue weighted by molar-refractivity contribution is 7.16. The molecule has 5 heteroatoms. The normalized spacial score (nSPS) is 18.4. The Labute approximate surface area is 165 Å². The van der Waals surface area contributed by atoms with Gasteiger partial charge < -0.3 is 4.74 Å². The molecule has 4 rings (SSSR count). The van der Waals surface area contributed by atoms with Gasteiger partial charge >= 0.3 is 0 Å². The molecule has 2 aliphatic rings.